The Labute approximate surface area is 144 Å². The first-order valence-corrected chi connectivity index (χ1v) is 7.94. The number of hydrogen-bond acceptors (Lipinski definition) is 4. The molecule has 1 aliphatic heterocycles. The smallest absolute Gasteiger partial charge is 0.282 e. The highest BCUT2D eigenvalue weighted by Gasteiger charge is 2.50. The highest BCUT2D eigenvalue weighted by atomic mass is 19.1. The number of hydrogen-bond donors (Lipinski definition) is 1. The van der Waals surface area contributed by atoms with Crippen LogP contribution in [0.2, 0.25) is 0 Å². The molecule has 130 valence electrons. The number of benzene rings is 1. The molecule has 1 unspecified atom stereocenters. The van der Waals surface area contributed by atoms with Crippen LogP contribution in [0.3, 0.4) is 0 Å². The molecule has 0 radical (unpaired) electrons. The summed E-state index contributed by atoms with van der Waals surface area (Å²) in [7, 11) is 0. The molecule has 3 rings (SSSR count). The first kappa shape index (κ1) is 16.9. The Morgan fingerprint density at radius 3 is 2.72 bits per heavy atom. The minimum absolute atomic E-state index is 0.164. The van der Waals surface area contributed by atoms with Crippen LogP contribution >= 0.6 is 0 Å². The maximum atomic E-state index is 12.9. The Kier molecular flexibility index (Phi) is 4.39. The summed E-state index contributed by atoms with van der Waals surface area (Å²) in [5, 5.41) is 2.68. The van der Waals surface area contributed by atoms with E-state index in [-0.39, 0.29) is 12.4 Å². The Morgan fingerprint density at radius 2 is 2.04 bits per heavy atom. The van der Waals surface area contributed by atoms with Gasteiger partial charge in [0.25, 0.3) is 17.4 Å². The van der Waals surface area contributed by atoms with Gasteiger partial charge in [0.1, 0.15) is 5.82 Å². The topological polar surface area (TPSA) is 71.5 Å². The molecule has 2 amide bonds. The number of fused-ring (bicyclic) bond motifs is 1. The summed E-state index contributed by atoms with van der Waals surface area (Å²) in [4.78, 5) is 31.0. The molecule has 1 atom stereocenters. The monoisotopic (exact) mass is 343 g/mol. The van der Waals surface area contributed by atoms with E-state index >= 15 is 0 Å². The zero-order chi connectivity index (χ0) is 18.0. The molecule has 0 fully saturated rings. The molecule has 2 aromatic rings. The molecular formula is C18H18FN3O3. The van der Waals surface area contributed by atoms with Crippen molar-refractivity contribution in [2.24, 2.45) is 0 Å². The van der Waals surface area contributed by atoms with E-state index in [0.717, 1.165) is 5.56 Å². The molecule has 6 nitrogen and oxygen atoms in total. The summed E-state index contributed by atoms with van der Waals surface area (Å²) >= 11 is 0. The van der Waals surface area contributed by atoms with Crippen molar-refractivity contribution in [2.45, 2.75) is 26.0 Å². The number of anilines is 1. The molecule has 25 heavy (non-hydrogen) atoms. The molecule has 0 aliphatic carbocycles. The van der Waals surface area contributed by atoms with Gasteiger partial charge in [0, 0.05) is 19.3 Å². The Morgan fingerprint density at radius 1 is 1.32 bits per heavy atom. The summed E-state index contributed by atoms with van der Waals surface area (Å²) in [6.45, 7) is 3.77. The average Bonchev–Trinajstić information content (AvgIpc) is 2.62. The van der Waals surface area contributed by atoms with Gasteiger partial charge in [-0.05, 0) is 43.7 Å². The third-order valence-electron chi connectivity index (χ3n) is 4.09. The number of aromatic nitrogens is 1. The van der Waals surface area contributed by atoms with Gasteiger partial charge in [0.2, 0.25) is 0 Å². The van der Waals surface area contributed by atoms with Crippen molar-refractivity contribution in [3.63, 3.8) is 0 Å². The summed E-state index contributed by atoms with van der Waals surface area (Å²) in [5.74, 6) is -0.606. The van der Waals surface area contributed by atoms with Crippen molar-refractivity contribution in [2.75, 3.05) is 11.4 Å². The number of ether oxygens (including phenoxy) is 1. The Balaban J connectivity index is 1.81. The molecular weight excluding hydrogens is 325 g/mol. The molecule has 7 heteroatoms. The van der Waals surface area contributed by atoms with Crippen LogP contribution in [0, 0.1) is 5.82 Å². The lowest BCUT2D eigenvalue weighted by Gasteiger charge is -2.38. The molecule has 0 spiro atoms. The molecule has 1 aromatic heterocycles. The number of halogens is 1. The van der Waals surface area contributed by atoms with Crippen LogP contribution in [-0.4, -0.2) is 28.9 Å². The van der Waals surface area contributed by atoms with E-state index in [4.69, 9.17) is 4.74 Å². The fourth-order valence-corrected chi connectivity index (χ4v) is 2.67. The lowest BCUT2D eigenvalue weighted by Crippen LogP contribution is -2.62. The van der Waals surface area contributed by atoms with E-state index < -0.39 is 17.4 Å². The minimum atomic E-state index is -1.69. The normalized spacial score (nSPS) is 19.2. The van der Waals surface area contributed by atoms with Gasteiger partial charge in [0.05, 0.1) is 0 Å². The van der Waals surface area contributed by atoms with Crippen molar-refractivity contribution < 1.29 is 18.7 Å². The Hall–Kier alpha value is -2.96. The zero-order valence-corrected chi connectivity index (χ0v) is 14.0. The minimum Gasteiger partial charge on any atom is -0.464 e. The summed E-state index contributed by atoms with van der Waals surface area (Å²) in [6.07, 6.45) is 1.56. The van der Waals surface area contributed by atoms with Crippen LogP contribution in [0.1, 0.15) is 19.4 Å². The molecule has 1 N–H and O–H groups in total. The highest BCUT2D eigenvalue weighted by Crippen LogP contribution is 2.35. The van der Waals surface area contributed by atoms with Gasteiger partial charge in [-0.25, -0.2) is 9.37 Å². The second-order valence-electron chi connectivity index (χ2n) is 5.82. The SMILES string of the molecule is CCN1C(=O)C(C)(C(=O)NCc2ccc(F)cc2)Oc2cccnc21. The highest BCUT2D eigenvalue weighted by molar-refractivity contribution is 6.16. The quantitative estimate of drug-likeness (QED) is 0.863. The first-order valence-electron chi connectivity index (χ1n) is 7.94. The summed E-state index contributed by atoms with van der Waals surface area (Å²) in [6, 6.07) is 9.11. The predicted octanol–water partition coefficient (Wildman–Crippen LogP) is 2.04. The number of carbonyl (C=O) groups excluding carboxylic acids is 2. The number of nitrogens with one attached hydrogen (secondary N) is 1. The van der Waals surface area contributed by atoms with Gasteiger partial charge >= 0.3 is 0 Å². The van der Waals surface area contributed by atoms with Crippen LogP contribution in [-0.2, 0) is 16.1 Å². The fourth-order valence-electron chi connectivity index (χ4n) is 2.67. The van der Waals surface area contributed by atoms with E-state index in [0.29, 0.717) is 18.1 Å². The van der Waals surface area contributed by atoms with Gasteiger partial charge in [0.15, 0.2) is 11.6 Å². The Bertz CT molecular complexity index is 809. The predicted molar refractivity (Wildman–Crippen MR) is 89.5 cm³/mol. The number of nitrogens with zero attached hydrogens (tertiary/aromatic N) is 2. The largest absolute Gasteiger partial charge is 0.464 e. The van der Waals surface area contributed by atoms with E-state index in [1.54, 1.807) is 37.4 Å². The van der Waals surface area contributed by atoms with Crippen molar-refractivity contribution in [1.29, 1.82) is 0 Å². The molecule has 2 heterocycles. The van der Waals surface area contributed by atoms with E-state index in [1.165, 1.54) is 24.0 Å². The van der Waals surface area contributed by atoms with Crippen molar-refractivity contribution in [3.05, 3.63) is 54.0 Å². The second-order valence-corrected chi connectivity index (χ2v) is 5.82. The van der Waals surface area contributed by atoms with Crippen molar-refractivity contribution in [3.8, 4) is 5.75 Å². The third kappa shape index (κ3) is 3.05. The van der Waals surface area contributed by atoms with Crippen LogP contribution in [0.15, 0.2) is 42.6 Å². The number of likely N-dealkylation sites (N-methyl/N-ethyl adjacent to an activating group) is 1. The van der Waals surface area contributed by atoms with E-state index in [1.807, 2.05) is 0 Å². The van der Waals surface area contributed by atoms with E-state index in [2.05, 4.69) is 10.3 Å². The van der Waals surface area contributed by atoms with Gasteiger partial charge in [-0.1, -0.05) is 12.1 Å². The van der Waals surface area contributed by atoms with Gasteiger partial charge in [-0.15, -0.1) is 0 Å². The van der Waals surface area contributed by atoms with Crippen LogP contribution < -0.4 is 15.0 Å². The van der Waals surface area contributed by atoms with Crippen LogP contribution in [0.4, 0.5) is 10.2 Å². The molecule has 0 bridgehead atoms. The zero-order valence-electron chi connectivity index (χ0n) is 14.0. The lowest BCUT2D eigenvalue weighted by atomic mass is 10.0. The maximum Gasteiger partial charge on any atom is 0.282 e. The van der Waals surface area contributed by atoms with Crippen molar-refractivity contribution in [1.82, 2.24) is 10.3 Å². The number of amides is 2. The van der Waals surface area contributed by atoms with Gasteiger partial charge < -0.3 is 10.1 Å². The molecule has 1 aliphatic rings. The van der Waals surface area contributed by atoms with E-state index in [9.17, 15) is 14.0 Å². The lowest BCUT2D eigenvalue weighted by molar-refractivity contribution is -0.148. The standard InChI is InChI=1S/C18H18FN3O3/c1-3-22-15-14(5-4-10-20-15)25-18(2,17(22)24)16(23)21-11-12-6-8-13(19)9-7-12/h4-10H,3,11H2,1-2H3,(H,21,23). The first-order chi connectivity index (χ1) is 12.0. The van der Waals surface area contributed by atoms with Crippen LogP contribution in [0.5, 0.6) is 5.75 Å². The fraction of sp³-hybridized carbons (Fsp3) is 0.278. The molecule has 1 aromatic carbocycles. The molecule has 0 saturated heterocycles. The molecule has 0 saturated carbocycles. The van der Waals surface area contributed by atoms with Gasteiger partial charge in [-0.3, -0.25) is 14.5 Å². The number of pyridine rings is 1. The second kappa shape index (κ2) is 6.51. The van der Waals surface area contributed by atoms with Crippen LogP contribution in [0.25, 0.3) is 0 Å². The third-order valence-corrected chi connectivity index (χ3v) is 4.09. The van der Waals surface area contributed by atoms with Gasteiger partial charge in [-0.2, -0.15) is 0 Å². The summed E-state index contributed by atoms with van der Waals surface area (Å²) in [5.41, 5.74) is -0.970. The maximum absolute atomic E-state index is 12.9. The van der Waals surface area contributed by atoms with Crippen molar-refractivity contribution >= 4 is 17.6 Å². The number of rotatable bonds is 4. The average molecular weight is 343 g/mol. The summed E-state index contributed by atoms with van der Waals surface area (Å²) < 4.78 is 18.7. The number of carbonyl (C=O) groups is 2.